The van der Waals surface area contributed by atoms with E-state index in [-0.39, 0.29) is 23.5 Å². The van der Waals surface area contributed by atoms with E-state index in [1.165, 1.54) is 43.5 Å². The van der Waals surface area contributed by atoms with Crippen molar-refractivity contribution >= 4 is 17.7 Å². The monoisotopic (exact) mass is 388 g/mol. The van der Waals surface area contributed by atoms with E-state index in [4.69, 9.17) is 0 Å². The summed E-state index contributed by atoms with van der Waals surface area (Å²) in [4.78, 5) is 12.4. The molecule has 5 nitrogen and oxygen atoms in total. The maximum atomic E-state index is 14.0. The zero-order valence-corrected chi connectivity index (χ0v) is 16.5. The molecule has 2 aliphatic rings. The van der Waals surface area contributed by atoms with Crippen LogP contribution >= 0.6 is 11.8 Å². The van der Waals surface area contributed by atoms with Crippen molar-refractivity contribution in [3.63, 3.8) is 0 Å². The first-order valence-electron chi connectivity index (χ1n) is 9.59. The van der Waals surface area contributed by atoms with Crippen LogP contribution in [0.1, 0.15) is 32.6 Å². The lowest BCUT2D eigenvalue weighted by Gasteiger charge is -2.28. The van der Waals surface area contributed by atoms with Crippen molar-refractivity contribution in [2.24, 2.45) is 24.8 Å². The van der Waals surface area contributed by atoms with Gasteiger partial charge in [-0.1, -0.05) is 30.3 Å². The maximum Gasteiger partial charge on any atom is 0.230 e. The quantitative estimate of drug-likeness (QED) is 0.768. The SMILES string of the molecule is CC(NC(=O)CSc1nnc(-c2ccccc2F)n1C)C1CC2CCC1C2. The fourth-order valence-corrected chi connectivity index (χ4v) is 5.48. The van der Waals surface area contributed by atoms with Gasteiger partial charge in [0.15, 0.2) is 11.0 Å². The lowest BCUT2D eigenvalue weighted by atomic mass is 9.84. The lowest BCUT2D eigenvalue weighted by molar-refractivity contribution is -0.119. The van der Waals surface area contributed by atoms with Crippen LogP contribution in [0.15, 0.2) is 29.4 Å². The Morgan fingerprint density at radius 2 is 2.15 bits per heavy atom. The third-order valence-corrected chi connectivity index (χ3v) is 7.13. The molecule has 1 amide bonds. The molecular weight excluding hydrogens is 363 g/mol. The van der Waals surface area contributed by atoms with Gasteiger partial charge in [-0.05, 0) is 56.1 Å². The number of amides is 1. The molecule has 0 radical (unpaired) electrons. The number of fused-ring (bicyclic) bond motifs is 2. The summed E-state index contributed by atoms with van der Waals surface area (Å²) in [5.41, 5.74) is 0.411. The number of hydrogen-bond donors (Lipinski definition) is 1. The number of carbonyl (C=O) groups excluding carboxylic acids is 1. The smallest absolute Gasteiger partial charge is 0.230 e. The number of thioether (sulfide) groups is 1. The number of halogens is 1. The molecule has 2 aliphatic carbocycles. The fourth-order valence-electron chi connectivity index (χ4n) is 4.76. The van der Waals surface area contributed by atoms with Gasteiger partial charge in [-0.2, -0.15) is 0 Å². The Labute approximate surface area is 163 Å². The molecule has 2 aromatic rings. The highest BCUT2D eigenvalue weighted by atomic mass is 32.2. The van der Waals surface area contributed by atoms with Gasteiger partial charge < -0.3 is 9.88 Å². The summed E-state index contributed by atoms with van der Waals surface area (Å²) in [5.74, 6) is 2.73. The number of rotatable bonds is 6. The molecule has 0 spiro atoms. The van der Waals surface area contributed by atoms with Crippen LogP contribution in [0.3, 0.4) is 0 Å². The molecule has 0 saturated heterocycles. The molecule has 1 N–H and O–H groups in total. The van der Waals surface area contributed by atoms with Crippen LogP contribution in [0, 0.1) is 23.6 Å². The number of carbonyl (C=O) groups is 1. The normalized spacial score (nSPS) is 24.9. The molecule has 2 fully saturated rings. The van der Waals surface area contributed by atoms with Crippen LogP contribution in [0.25, 0.3) is 11.4 Å². The van der Waals surface area contributed by atoms with Gasteiger partial charge in [0.25, 0.3) is 0 Å². The average Bonchev–Trinajstić information content (AvgIpc) is 3.37. The first kappa shape index (κ1) is 18.5. The number of nitrogens with zero attached hydrogens (tertiary/aromatic N) is 3. The molecule has 4 atom stereocenters. The summed E-state index contributed by atoms with van der Waals surface area (Å²) in [7, 11) is 1.79. The van der Waals surface area contributed by atoms with Crippen molar-refractivity contribution in [1.82, 2.24) is 20.1 Å². The highest BCUT2D eigenvalue weighted by Gasteiger charge is 2.42. The molecular formula is C20H25FN4OS. The van der Waals surface area contributed by atoms with Crippen molar-refractivity contribution in [3.05, 3.63) is 30.1 Å². The minimum Gasteiger partial charge on any atom is -0.353 e. The Morgan fingerprint density at radius 3 is 2.85 bits per heavy atom. The summed E-state index contributed by atoms with van der Waals surface area (Å²) in [6.07, 6.45) is 5.29. The molecule has 0 aliphatic heterocycles. The third kappa shape index (κ3) is 3.74. The first-order valence-corrected chi connectivity index (χ1v) is 10.6. The van der Waals surface area contributed by atoms with Crippen molar-refractivity contribution in [3.8, 4) is 11.4 Å². The van der Waals surface area contributed by atoms with Gasteiger partial charge >= 0.3 is 0 Å². The van der Waals surface area contributed by atoms with Crippen molar-refractivity contribution in [1.29, 1.82) is 0 Å². The number of nitrogens with one attached hydrogen (secondary N) is 1. The minimum absolute atomic E-state index is 0.0192. The Kier molecular flexibility index (Phi) is 5.21. The van der Waals surface area contributed by atoms with E-state index in [1.807, 2.05) is 0 Å². The van der Waals surface area contributed by atoms with Crippen molar-refractivity contribution in [2.45, 2.75) is 43.8 Å². The second kappa shape index (κ2) is 7.62. The van der Waals surface area contributed by atoms with E-state index in [9.17, 15) is 9.18 Å². The number of hydrogen-bond acceptors (Lipinski definition) is 4. The molecule has 4 unspecified atom stereocenters. The molecule has 4 rings (SSSR count). The van der Waals surface area contributed by atoms with Crippen LogP contribution < -0.4 is 5.32 Å². The summed E-state index contributed by atoms with van der Waals surface area (Å²) in [6.45, 7) is 2.13. The van der Waals surface area contributed by atoms with Crippen LogP contribution in [-0.4, -0.2) is 32.5 Å². The lowest BCUT2D eigenvalue weighted by Crippen LogP contribution is -2.40. The summed E-state index contributed by atoms with van der Waals surface area (Å²) >= 11 is 1.33. The molecule has 2 saturated carbocycles. The van der Waals surface area contributed by atoms with Gasteiger partial charge in [-0.15, -0.1) is 10.2 Å². The highest BCUT2D eigenvalue weighted by molar-refractivity contribution is 7.99. The first-order chi connectivity index (χ1) is 13.0. The van der Waals surface area contributed by atoms with Gasteiger partial charge in [-0.3, -0.25) is 4.79 Å². The maximum absolute atomic E-state index is 14.0. The largest absolute Gasteiger partial charge is 0.353 e. The summed E-state index contributed by atoms with van der Waals surface area (Å²) in [5, 5.41) is 12.0. The van der Waals surface area contributed by atoms with Gasteiger partial charge in [0, 0.05) is 13.1 Å². The van der Waals surface area contributed by atoms with Gasteiger partial charge in [0.2, 0.25) is 5.91 Å². The van der Waals surface area contributed by atoms with E-state index in [0.717, 1.165) is 11.8 Å². The molecule has 2 bridgehead atoms. The number of benzene rings is 1. The summed E-state index contributed by atoms with van der Waals surface area (Å²) < 4.78 is 15.7. The predicted molar refractivity (Wildman–Crippen MR) is 104 cm³/mol. The van der Waals surface area contributed by atoms with Gasteiger partial charge in [-0.25, -0.2) is 4.39 Å². The molecule has 1 aromatic heterocycles. The van der Waals surface area contributed by atoms with E-state index in [2.05, 4.69) is 22.4 Å². The topological polar surface area (TPSA) is 59.8 Å². The second-order valence-corrected chi connectivity index (χ2v) is 8.77. The van der Waals surface area contributed by atoms with Crippen LogP contribution in [0.4, 0.5) is 4.39 Å². The van der Waals surface area contributed by atoms with Gasteiger partial charge in [0.05, 0.1) is 11.3 Å². The molecule has 1 aromatic carbocycles. The Morgan fingerprint density at radius 1 is 1.33 bits per heavy atom. The highest BCUT2D eigenvalue weighted by Crippen LogP contribution is 2.49. The third-order valence-electron chi connectivity index (χ3n) is 6.11. The van der Waals surface area contributed by atoms with E-state index in [0.29, 0.717) is 22.5 Å². The van der Waals surface area contributed by atoms with Crippen LogP contribution in [0.5, 0.6) is 0 Å². The molecule has 144 valence electrons. The zero-order valence-electron chi connectivity index (χ0n) is 15.7. The molecule has 7 heteroatoms. The second-order valence-electron chi connectivity index (χ2n) is 7.83. The standard InChI is InChI=1S/C20H25FN4OS/c1-12(16-10-13-7-8-14(16)9-13)22-18(26)11-27-20-24-23-19(25(20)2)15-5-3-4-6-17(15)21/h3-6,12-14,16H,7-11H2,1-2H3,(H,22,26). The Bertz CT molecular complexity index is 839. The van der Waals surface area contributed by atoms with E-state index >= 15 is 0 Å². The van der Waals surface area contributed by atoms with Gasteiger partial charge in [0.1, 0.15) is 5.82 Å². The Hall–Kier alpha value is -1.89. The summed E-state index contributed by atoms with van der Waals surface area (Å²) in [6, 6.07) is 6.72. The molecule has 1 heterocycles. The number of aromatic nitrogens is 3. The van der Waals surface area contributed by atoms with E-state index in [1.54, 1.807) is 29.8 Å². The molecule has 27 heavy (non-hydrogen) atoms. The zero-order chi connectivity index (χ0) is 19.0. The average molecular weight is 389 g/mol. The van der Waals surface area contributed by atoms with Crippen molar-refractivity contribution in [2.75, 3.05) is 5.75 Å². The van der Waals surface area contributed by atoms with Crippen molar-refractivity contribution < 1.29 is 9.18 Å². The Balaban J connectivity index is 1.34. The van der Waals surface area contributed by atoms with Crippen LogP contribution in [-0.2, 0) is 11.8 Å². The predicted octanol–water partition coefficient (Wildman–Crippen LogP) is 3.65. The minimum atomic E-state index is -0.332. The van der Waals surface area contributed by atoms with E-state index < -0.39 is 0 Å². The fraction of sp³-hybridized carbons (Fsp3) is 0.550. The van der Waals surface area contributed by atoms with Crippen LogP contribution in [0.2, 0.25) is 0 Å².